The van der Waals surface area contributed by atoms with Gasteiger partial charge in [0.25, 0.3) is 0 Å². The van der Waals surface area contributed by atoms with Crippen molar-refractivity contribution in [3.63, 3.8) is 0 Å². The summed E-state index contributed by atoms with van der Waals surface area (Å²) < 4.78 is 6.71. The molecule has 0 N–H and O–H groups in total. The Kier molecular flexibility index (Phi) is 4.47. The van der Waals surface area contributed by atoms with Crippen molar-refractivity contribution >= 4 is 75.9 Å². The van der Waals surface area contributed by atoms with E-state index < -0.39 is 0 Å². The highest BCUT2D eigenvalue weighted by Gasteiger charge is 2.12. The molecule has 0 unspecified atom stereocenters. The molecule has 0 radical (unpaired) electrons. The maximum absolute atomic E-state index is 6.71. The summed E-state index contributed by atoms with van der Waals surface area (Å²) in [6.07, 6.45) is 1.98. The Labute approximate surface area is 219 Å². The Hall–Kier alpha value is -4.95. The van der Waals surface area contributed by atoms with E-state index in [4.69, 9.17) is 9.40 Å². The van der Waals surface area contributed by atoms with E-state index in [1.165, 1.54) is 32.3 Å². The van der Waals surface area contributed by atoms with E-state index in [-0.39, 0.29) is 0 Å². The van der Waals surface area contributed by atoms with Gasteiger partial charge in [-0.15, -0.1) is 0 Å². The number of rotatable bonds is 0. The van der Waals surface area contributed by atoms with Crippen LogP contribution in [0.1, 0.15) is 5.56 Å². The van der Waals surface area contributed by atoms with Crippen molar-refractivity contribution in [3.8, 4) is 0 Å². The van der Waals surface area contributed by atoms with E-state index in [2.05, 4.69) is 122 Å². The van der Waals surface area contributed by atoms with Gasteiger partial charge in [-0.25, -0.2) is 0 Å². The maximum Gasteiger partial charge on any atom is 0.144 e. The smallest absolute Gasteiger partial charge is 0.144 e. The number of aryl methyl sites for hydroxylation is 1. The van der Waals surface area contributed by atoms with Crippen LogP contribution in [0.4, 0.5) is 0 Å². The summed E-state index contributed by atoms with van der Waals surface area (Å²) in [6.45, 7) is 2.13. The summed E-state index contributed by atoms with van der Waals surface area (Å²) in [5.74, 6) is 0. The van der Waals surface area contributed by atoms with Crippen LogP contribution >= 0.6 is 0 Å². The van der Waals surface area contributed by atoms with Crippen LogP contribution in [-0.4, -0.2) is 4.98 Å². The van der Waals surface area contributed by atoms with Crippen molar-refractivity contribution in [2.24, 2.45) is 0 Å². The molecule has 3 heterocycles. The lowest BCUT2D eigenvalue weighted by Gasteiger charge is -2.03. The van der Waals surface area contributed by atoms with Crippen molar-refractivity contribution in [2.45, 2.75) is 6.92 Å². The minimum Gasteiger partial charge on any atom is -0.455 e. The molecule has 178 valence electrons. The number of fused-ring (bicyclic) bond motifs is 14. The molecule has 38 heavy (non-hydrogen) atoms. The number of nitrogens with zero attached hydrogens (tertiary/aromatic N) is 1. The summed E-state index contributed by atoms with van der Waals surface area (Å²) >= 11 is 0. The van der Waals surface area contributed by atoms with Crippen LogP contribution in [0.5, 0.6) is 0 Å². The minimum absolute atomic E-state index is 0.873. The Bertz CT molecular complexity index is 2310. The first-order valence-corrected chi connectivity index (χ1v) is 13.0. The highest BCUT2D eigenvalue weighted by molar-refractivity contribution is 6.19. The molecule has 0 aliphatic carbocycles. The number of hydrogen-bond donors (Lipinski definition) is 0. The Morgan fingerprint density at radius 2 is 0.895 bits per heavy atom. The molecule has 0 saturated carbocycles. The van der Waals surface area contributed by atoms with Crippen molar-refractivity contribution in [2.75, 3.05) is 0 Å². The average Bonchev–Trinajstić information content (AvgIpc) is 3.36. The fourth-order valence-electron chi connectivity index (χ4n) is 5.84. The molecule has 0 fully saturated rings. The maximum atomic E-state index is 6.71. The van der Waals surface area contributed by atoms with E-state index in [0.29, 0.717) is 0 Å². The predicted molar refractivity (Wildman–Crippen MR) is 161 cm³/mol. The number of benzene rings is 5. The first kappa shape index (κ1) is 21.2. The normalized spacial score (nSPS) is 11.8. The highest BCUT2D eigenvalue weighted by atomic mass is 16.3. The van der Waals surface area contributed by atoms with Gasteiger partial charge in [-0.1, -0.05) is 84.9 Å². The van der Waals surface area contributed by atoms with Crippen LogP contribution in [0.25, 0.3) is 75.9 Å². The van der Waals surface area contributed by atoms with Gasteiger partial charge in [0, 0.05) is 27.7 Å². The lowest BCUT2D eigenvalue weighted by atomic mass is 10.0. The second-order valence-electron chi connectivity index (χ2n) is 10.1. The Morgan fingerprint density at radius 3 is 1.53 bits per heavy atom. The van der Waals surface area contributed by atoms with E-state index in [1.807, 2.05) is 6.20 Å². The van der Waals surface area contributed by atoms with Crippen molar-refractivity contribution in [3.05, 3.63) is 127 Å². The molecule has 8 aromatic rings. The van der Waals surface area contributed by atoms with Gasteiger partial charge in [0.05, 0.1) is 5.52 Å². The van der Waals surface area contributed by atoms with Gasteiger partial charge in [-0.2, -0.15) is 0 Å². The second kappa shape index (κ2) is 8.03. The van der Waals surface area contributed by atoms with Gasteiger partial charge in [0.2, 0.25) is 0 Å². The molecule has 0 saturated heterocycles. The van der Waals surface area contributed by atoms with Gasteiger partial charge >= 0.3 is 0 Å². The van der Waals surface area contributed by atoms with E-state index in [9.17, 15) is 0 Å². The molecule has 10 bridgehead atoms. The molecule has 5 aromatic carbocycles. The minimum atomic E-state index is 0.873. The average molecular weight is 486 g/mol. The molecular formula is C36H23NO. The molecule has 0 aliphatic heterocycles. The summed E-state index contributed by atoms with van der Waals surface area (Å²) in [5, 5.41) is 12.6. The fraction of sp³-hybridized carbons (Fsp3) is 0.0278. The van der Waals surface area contributed by atoms with Crippen molar-refractivity contribution in [1.29, 1.82) is 0 Å². The molecule has 0 aliphatic rings. The number of aromatic nitrogens is 1. The van der Waals surface area contributed by atoms with Gasteiger partial charge in [-0.3, -0.25) is 4.98 Å². The van der Waals surface area contributed by atoms with Gasteiger partial charge < -0.3 is 4.42 Å². The summed E-state index contributed by atoms with van der Waals surface area (Å²) in [5.41, 5.74) is 3.84. The zero-order valence-corrected chi connectivity index (χ0v) is 20.9. The Morgan fingerprint density at radius 1 is 0.447 bits per heavy atom. The van der Waals surface area contributed by atoms with Crippen LogP contribution < -0.4 is 0 Å². The predicted octanol–water partition coefficient (Wildman–Crippen LogP) is 10.2. The largest absolute Gasteiger partial charge is 0.455 e. The molecule has 0 atom stereocenters. The van der Waals surface area contributed by atoms with Crippen LogP contribution in [-0.2, 0) is 0 Å². The molecule has 0 spiro atoms. The van der Waals surface area contributed by atoms with Gasteiger partial charge in [0.15, 0.2) is 0 Å². The molecule has 2 nitrogen and oxygen atoms in total. The third-order valence-corrected chi connectivity index (χ3v) is 7.78. The molecule has 3 aromatic heterocycles. The first-order chi connectivity index (χ1) is 18.7. The Balaban J connectivity index is 1.70. The topological polar surface area (TPSA) is 26.0 Å². The van der Waals surface area contributed by atoms with E-state index in [1.54, 1.807) is 0 Å². The zero-order chi connectivity index (χ0) is 25.2. The number of para-hydroxylation sites is 2. The quantitative estimate of drug-likeness (QED) is 0.213. The summed E-state index contributed by atoms with van der Waals surface area (Å²) in [7, 11) is 0. The molecular weight excluding hydrogens is 462 g/mol. The standard InChI is InChI=1S/C36H23NO/c1-22-21-37-34-20-33(22)28-12-4-10-26(19-28)24-8-2-7-23(17-24)25-9-3-11-27(18-25)29-13-5-14-30-31-15-6-16-32(34)36(31)38-35(29)30/h2-21H,1H3. The third-order valence-electron chi connectivity index (χ3n) is 7.78. The number of furan rings is 1. The van der Waals surface area contributed by atoms with E-state index in [0.717, 1.165) is 49.2 Å². The monoisotopic (exact) mass is 485 g/mol. The van der Waals surface area contributed by atoms with Crippen LogP contribution in [0.2, 0.25) is 0 Å². The van der Waals surface area contributed by atoms with Gasteiger partial charge in [-0.05, 0) is 80.5 Å². The number of hydrogen-bond acceptors (Lipinski definition) is 2. The van der Waals surface area contributed by atoms with Crippen LogP contribution in [0, 0.1) is 6.92 Å². The first-order valence-electron chi connectivity index (χ1n) is 13.0. The lowest BCUT2D eigenvalue weighted by molar-refractivity contribution is 0.676. The van der Waals surface area contributed by atoms with Crippen LogP contribution in [0.15, 0.2) is 126 Å². The highest BCUT2D eigenvalue weighted by Crippen LogP contribution is 2.36. The van der Waals surface area contributed by atoms with Gasteiger partial charge in [0.1, 0.15) is 11.2 Å². The summed E-state index contributed by atoms with van der Waals surface area (Å²) in [6, 6.07) is 41.4. The fourth-order valence-corrected chi connectivity index (χ4v) is 5.84. The number of pyridine rings is 1. The van der Waals surface area contributed by atoms with Crippen LogP contribution in [0.3, 0.4) is 0 Å². The second-order valence-corrected chi connectivity index (χ2v) is 10.1. The molecule has 8 rings (SSSR count). The third kappa shape index (κ3) is 3.17. The van der Waals surface area contributed by atoms with Crippen molar-refractivity contribution in [1.82, 2.24) is 4.98 Å². The SMILES string of the molecule is Cc1cnc2cc1c1cccc(c1)c1cccc(c1)c1cccc(c1)c1cccc3c4cccc2c4oc13. The van der Waals surface area contributed by atoms with Crippen molar-refractivity contribution < 1.29 is 4.42 Å². The van der Waals surface area contributed by atoms with E-state index >= 15 is 0 Å². The molecule has 0 amide bonds. The molecule has 2 heteroatoms. The lowest BCUT2D eigenvalue weighted by Crippen LogP contribution is -1.82. The zero-order valence-electron chi connectivity index (χ0n) is 20.9. The summed E-state index contributed by atoms with van der Waals surface area (Å²) in [4.78, 5) is 4.86.